The number of H-pyrrole nitrogens is 1. The van der Waals surface area contributed by atoms with Gasteiger partial charge in [0.05, 0.1) is 6.20 Å². The van der Waals surface area contributed by atoms with Crippen molar-refractivity contribution in [2.45, 2.75) is 12.5 Å². The minimum absolute atomic E-state index is 0.566. The number of nitrogens with one attached hydrogen (secondary N) is 1. The van der Waals surface area contributed by atoms with Crippen LogP contribution in [0.3, 0.4) is 0 Å². The van der Waals surface area contributed by atoms with Crippen molar-refractivity contribution in [3.63, 3.8) is 0 Å². The Balaban J connectivity index is 1.90. The molecule has 0 aliphatic rings. The summed E-state index contributed by atoms with van der Waals surface area (Å²) in [6, 6.07) is 8.21. The molecule has 0 bridgehead atoms. The van der Waals surface area contributed by atoms with Crippen molar-refractivity contribution in [1.82, 2.24) is 15.4 Å². The Kier molecular flexibility index (Phi) is 2.62. The maximum Gasteiger partial charge on any atom is 0.111 e. The van der Waals surface area contributed by atoms with Crippen molar-refractivity contribution in [1.29, 1.82) is 0 Å². The van der Waals surface area contributed by atoms with Crippen molar-refractivity contribution < 1.29 is 5.11 Å². The molecule has 0 radical (unpaired) electrons. The highest BCUT2D eigenvalue weighted by atomic mass is 32.1. The molecule has 0 aliphatic carbocycles. The quantitative estimate of drug-likeness (QED) is 0.744. The van der Waals surface area contributed by atoms with Gasteiger partial charge >= 0.3 is 0 Å². The van der Waals surface area contributed by atoms with Gasteiger partial charge in [-0.05, 0) is 22.4 Å². The fourth-order valence-electron chi connectivity index (χ4n) is 1.87. The summed E-state index contributed by atoms with van der Waals surface area (Å²) in [5.74, 6) is 0. The minimum atomic E-state index is -0.605. The SMILES string of the molecule is OC(Cc1csc2ccccc12)c1cn[nH]n1. The number of aromatic nitrogens is 3. The normalized spacial score (nSPS) is 13.0. The standard InChI is InChI=1S/C12H11N3OS/c16-11(10-6-13-15-14-10)5-8-7-17-12-4-2-1-3-9(8)12/h1-4,6-7,11,16H,5H2,(H,13,14,15). The highest BCUT2D eigenvalue weighted by Gasteiger charge is 2.13. The van der Waals surface area contributed by atoms with E-state index < -0.39 is 6.10 Å². The Hall–Kier alpha value is -1.72. The fraction of sp³-hybridized carbons (Fsp3) is 0.167. The van der Waals surface area contributed by atoms with Crippen LogP contribution in [0.5, 0.6) is 0 Å². The maximum absolute atomic E-state index is 10.0. The molecule has 5 heteroatoms. The summed E-state index contributed by atoms with van der Waals surface area (Å²) in [5.41, 5.74) is 1.74. The predicted molar refractivity (Wildman–Crippen MR) is 66.9 cm³/mol. The minimum Gasteiger partial charge on any atom is -0.386 e. The first-order valence-electron chi connectivity index (χ1n) is 5.33. The van der Waals surface area contributed by atoms with Crippen LogP contribution in [0.4, 0.5) is 0 Å². The molecule has 1 aromatic carbocycles. The van der Waals surface area contributed by atoms with Gasteiger partial charge in [-0.25, -0.2) is 0 Å². The third kappa shape index (κ3) is 1.94. The Bertz CT molecular complexity index is 618. The van der Waals surface area contributed by atoms with Gasteiger partial charge in [0.15, 0.2) is 0 Å². The molecule has 17 heavy (non-hydrogen) atoms. The third-order valence-corrected chi connectivity index (χ3v) is 3.76. The largest absolute Gasteiger partial charge is 0.386 e. The van der Waals surface area contributed by atoms with Crippen LogP contribution in [0.2, 0.25) is 0 Å². The second kappa shape index (κ2) is 4.27. The average Bonchev–Trinajstić information content (AvgIpc) is 2.98. The number of aromatic amines is 1. The molecule has 0 saturated carbocycles. The van der Waals surface area contributed by atoms with Gasteiger partial charge < -0.3 is 5.11 Å². The number of nitrogens with zero attached hydrogens (tertiary/aromatic N) is 2. The van der Waals surface area contributed by atoms with Crippen molar-refractivity contribution >= 4 is 21.4 Å². The summed E-state index contributed by atoms with van der Waals surface area (Å²) in [5, 5.41) is 23.4. The van der Waals surface area contributed by atoms with E-state index in [4.69, 9.17) is 0 Å². The van der Waals surface area contributed by atoms with Gasteiger partial charge in [0.25, 0.3) is 0 Å². The molecule has 0 aliphatic heterocycles. The van der Waals surface area contributed by atoms with Gasteiger partial charge in [-0.15, -0.1) is 11.3 Å². The van der Waals surface area contributed by atoms with Gasteiger partial charge in [0.1, 0.15) is 11.8 Å². The monoisotopic (exact) mass is 245 g/mol. The number of benzene rings is 1. The lowest BCUT2D eigenvalue weighted by molar-refractivity contribution is 0.174. The molecule has 2 aromatic heterocycles. The highest BCUT2D eigenvalue weighted by molar-refractivity contribution is 7.17. The molecule has 0 fully saturated rings. The number of rotatable bonds is 3. The first kappa shape index (κ1) is 10.4. The molecule has 0 amide bonds. The molecule has 1 atom stereocenters. The van der Waals surface area contributed by atoms with Crippen LogP contribution in [0.25, 0.3) is 10.1 Å². The first-order valence-corrected chi connectivity index (χ1v) is 6.21. The smallest absolute Gasteiger partial charge is 0.111 e. The lowest BCUT2D eigenvalue weighted by Gasteiger charge is -2.05. The van der Waals surface area contributed by atoms with Crippen LogP contribution < -0.4 is 0 Å². The second-order valence-corrected chi connectivity index (χ2v) is 4.78. The maximum atomic E-state index is 10.0. The molecule has 2 N–H and O–H groups in total. The number of aliphatic hydroxyl groups excluding tert-OH is 1. The Morgan fingerprint density at radius 1 is 1.35 bits per heavy atom. The van der Waals surface area contributed by atoms with Gasteiger partial charge in [-0.2, -0.15) is 15.4 Å². The molecular weight excluding hydrogens is 234 g/mol. The predicted octanol–water partition coefficient (Wildman–Crippen LogP) is 2.30. The number of hydrogen-bond donors (Lipinski definition) is 2. The van der Waals surface area contributed by atoms with Gasteiger partial charge in [0.2, 0.25) is 0 Å². The van der Waals surface area contributed by atoms with Crippen molar-refractivity contribution in [3.05, 3.63) is 47.1 Å². The second-order valence-electron chi connectivity index (χ2n) is 3.87. The summed E-state index contributed by atoms with van der Waals surface area (Å²) in [6.45, 7) is 0. The summed E-state index contributed by atoms with van der Waals surface area (Å²) in [6.07, 6.45) is 1.52. The van der Waals surface area contributed by atoms with Crippen molar-refractivity contribution in [2.24, 2.45) is 0 Å². The van der Waals surface area contributed by atoms with Crippen molar-refractivity contribution in [3.8, 4) is 0 Å². The van der Waals surface area contributed by atoms with Crippen LogP contribution in [-0.4, -0.2) is 20.5 Å². The Labute approximate surface area is 102 Å². The zero-order valence-corrected chi connectivity index (χ0v) is 9.81. The molecule has 0 saturated heterocycles. The van der Waals surface area contributed by atoms with Crippen LogP contribution in [-0.2, 0) is 6.42 Å². The molecule has 86 valence electrons. The van der Waals surface area contributed by atoms with E-state index in [1.807, 2.05) is 12.1 Å². The average molecular weight is 245 g/mol. The van der Waals surface area contributed by atoms with E-state index in [0.717, 1.165) is 5.56 Å². The molecule has 1 unspecified atom stereocenters. The Morgan fingerprint density at radius 3 is 3.06 bits per heavy atom. The lowest BCUT2D eigenvalue weighted by Crippen LogP contribution is -2.01. The lowest BCUT2D eigenvalue weighted by atomic mass is 10.1. The highest BCUT2D eigenvalue weighted by Crippen LogP contribution is 2.28. The third-order valence-electron chi connectivity index (χ3n) is 2.75. The Morgan fingerprint density at radius 2 is 2.24 bits per heavy atom. The van der Waals surface area contributed by atoms with Crippen LogP contribution in [0, 0.1) is 0 Å². The molecule has 4 nitrogen and oxygen atoms in total. The van der Waals surface area contributed by atoms with E-state index in [-0.39, 0.29) is 0 Å². The summed E-state index contributed by atoms with van der Waals surface area (Å²) in [7, 11) is 0. The van der Waals surface area contributed by atoms with E-state index in [2.05, 4.69) is 32.9 Å². The van der Waals surface area contributed by atoms with E-state index in [0.29, 0.717) is 12.1 Å². The van der Waals surface area contributed by atoms with E-state index in [1.54, 1.807) is 17.5 Å². The molecule has 2 heterocycles. The number of thiophene rings is 1. The zero-order valence-electron chi connectivity index (χ0n) is 9.00. The molecule has 0 spiro atoms. The first-order chi connectivity index (χ1) is 8.34. The topological polar surface area (TPSA) is 61.8 Å². The molecular formula is C12H11N3OS. The van der Waals surface area contributed by atoms with E-state index in [1.165, 1.54) is 10.1 Å². The summed E-state index contributed by atoms with van der Waals surface area (Å²) < 4.78 is 1.25. The van der Waals surface area contributed by atoms with Crippen LogP contribution >= 0.6 is 11.3 Å². The van der Waals surface area contributed by atoms with Gasteiger partial charge in [0, 0.05) is 11.1 Å². The van der Waals surface area contributed by atoms with Gasteiger partial charge in [-0.3, -0.25) is 0 Å². The van der Waals surface area contributed by atoms with E-state index >= 15 is 0 Å². The van der Waals surface area contributed by atoms with Crippen LogP contribution in [0.15, 0.2) is 35.8 Å². The zero-order chi connectivity index (χ0) is 11.7. The fourth-order valence-corrected chi connectivity index (χ4v) is 2.85. The summed E-state index contributed by atoms with van der Waals surface area (Å²) >= 11 is 1.70. The molecule has 3 aromatic rings. The number of fused-ring (bicyclic) bond motifs is 1. The van der Waals surface area contributed by atoms with E-state index in [9.17, 15) is 5.11 Å². The van der Waals surface area contributed by atoms with Crippen LogP contribution in [0.1, 0.15) is 17.4 Å². The number of aliphatic hydroxyl groups is 1. The van der Waals surface area contributed by atoms with Crippen molar-refractivity contribution in [2.75, 3.05) is 0 Å². The van der Waals surface area contributed by atoms with Gasteiger partial charge in [-0.1, -0.05) is 18.2 Å². The molecule has 3 rings (SSSR count). The number of hydrogen-bond acceptors (Lipinski definition) is 4. The summed E-state index contributed by atoms with van der Waals surface area (Å²) in [4.78, 5) is 0.